The Balaban J connectivity index is 1.99. The standard InChI is InChI=1S/C18H18FN3O4/c1-12(18(24)21(2)11-13-6-8-15(19)9-7-13)20-17(23)14-4-3-5-16(10-14)22(25)26/h3-10,12H,11H2,1-2H3,(H,20,23). The normalized spacial score (nSPS) is 11.5. The van der Waals surface area contributed by atoms with Crippen molar-refractivity contribution in [3.05, 3.63) is 75.6 Å². The van der Waals surface area contributed by atoms with Crippen molar-refractivity contribution >= 4 is 17.5 Å². The molecule has 136 valence electrons. The van der Waals surface area contributed by atoms with Gasteiger partial charge in [0.15, 0.2) is 0 Å². The largest absolute Gasteiger partial charge is 0.341 e. The van der Waals surface area contributed by atoms with Crippen LogP contribution in [-0.4, -0.2) is 34.7 Å². The van der Waals surface area contributed by atoms with Crippen molar-refractivity contribution in [2.45, 2.75) is 19.5 Å². The van der Waals surface area contributed by atoms with Crippen molar-refractivity contribution in [3.63, 3.8) is 0 Å². The second-order valence-electron chi connectivity index (χ2n) is 5.82. The van der Waals surface area contributed by atoms with E-state index in [2.05, 4.69) is 5.32 Å². The van der Waals surface area contributed by atoms with Gasteiger partial charge in [0.1, 0.15) is 11.9 Å². The van der Waals surface area contributed by atoms with E-state index in [1.54, 1.807) is 19.2 Å². The molecule has 1 atom stereocenters. The lowest BCUT2D eigenvalue weighted by Crippen LogP contribution is -2.45. The van der Waals surface area contributed by atoms with Gasteiger partial charge in [0, 0.05) is 31.3 Å². The van der Waals surface area contributed by atoms with Crippen LogP contribution in [0.4, 0.5) is 10.1 Å². The maximum atomic E-state index is 12.9. The minimum Gasteiger partial charge on any atom is -0.341 e. The van der Waals surface area contributed by atoms with Crippen molar-refractivity contribution < 1.29 is 18.9 Å². The lowest BCUT2D eigenvalue weighted by atomic mass is 10.1. The molecular weight excluding hydrogens is 341 g/mol. The smallest absolute Gasteiger partial charge is 0.270 e. The third kappa shape index (κ3) is 4.85. The summed E-state index contributed by atoms with van der Waals surface area (Å²) in [5.74, 6) is -1.28. The van der Waals surface area contributed by atoms with E-state index in [4.69, 9.17) is 0 Å². The minimum atomic E-state index is -0.827. The molecule has 0 spiro atoms. The lowest BCUT2D eigenvalue weighted by Gasteiger charge is -2.22. The Kier molecular flexibility index (Phi) is 6.00. The first-order valence-corrected chi connectivity index (χ1v) is 7.82. The highest BCUT2D eigenvalue weighted by atomic mass is 19.1. The van der Waals surface area contributed by atoms with E-state index in [-0.39, 0.29) is 29.5 Å². The van der Waals surface area contributed by atoms with Gasteiger partial charge in [-0.25, -0.2) is 4.39 Å². The molecule has 0 heterocycles. The Labute approximate surface area is 149 Å². The molecule has 26 heavy (non-hydrogen) atoms. The second-order valence-corrected chi connectivity index (χ2v) is 5.82. The number of nitro benzene ring substituents is 1. The molecule has 2 amide bonds. The van der Waals surface area contributed by atoms with Gasteiger partial charge in [-0.1, -0.05) is 18.2 Å². The molecule has 0 aliphatic carbocycles. The van der Waals surface area contributed by atoms with Crippen molar-refractivity contribution in [2.24, 2.45) is 0 Å². The fourth-order valence-electron chi connectivity index (χ4n) is 2.37. The molecule has 2 aromatic carbocycles. The zero-order valence-corrected chi connectivity index (χ0v) is 14.3. The van der Waals surface area contributed by atoms with Crippen LogP contribution in [0.5, 0.6) is 0 Å². The summed E-state index contributed by atoms with van der Waals surface area (Å²) in [6.45, 7) is 1.79. The van der Waals surface area contributed by atoms with Crippen LogP contribution in [0, 0.1) is 15.9 Å². The SMILES string of the molecule is CC(NC(=O)c1cccc([N+](=O)[O-])c1)C(=O)N(C)Cc1ccc(F)cc1. The molecule has 0 fully saturated rings. The number of nitrogens with zero attached hydrogens (tertiary/aromatic N) is 2. The van der Waals surface area contributed by atoms with Gasteiger partial charge < -0.3 is 10.2 Å². The first-order chi connectivity index (χ1) is 12.3. The zero-order valence-electron chi connectivity index (χ0n) is 14.3. The highest BCUT2D eigenvalue weighted by Crippen LogP contribution is 2.13. The number of amides is 2. The summed E-state index contributed by atoms with van der Waals surface area (Å²) < 4.78 is 12.9. The number of nitrogens with one attached hydrogen (secondary N) is 1. The van der Waals surface area contributed by atoms with Gasteiger partial charge in [0.2, 0.25) is 5.91 Å². The highest BCUT2D eigenvalue weighted by molar-refractivity contribution is 5.97. The van der Waals surface area contributed by atoms with E-state index in [0.717, 1.165) is 11.6 Å². The van der Waals surface area contributed by atoms with Gasteiger partial charge >= 0.3 is 0 Å². The maximum Gasteiger partial charge on any atom is 0.270 e. The monoisotopic (exact) mass is 359 g/mol. The van der Waals surface area contributed by atoms with Crippen LogP contribution in [0.2, 0.25) is 0 Å². The third-order valence-electron chi connectivity index (χ3n) is 3.75. The van der Waals surface area contributed by atoms with Crippen LogP contribution >= 0.6 is 0 Å². The Morgan fingerprint density at radius 1 is 1.23 bits per heavy atom. The molecule has 0 aliphatic heterocycles. The fourth-order valence-corrected chi connectivity index (χ4v) is 2.37. The van der Waals surface area contributed by atoms with Gasteiger partial charge in [0.25, 0.3) is 11.6 Å². The minimum absolute atomic E-state index is 0.0973. The number of hydrogen-bond acceptors (Lipinski definition) is 4. The molecule has 1 N–H and O–H groups in total. The van der Waals surface area contributed by atoms with Crippen molar-refractivity contribution in [2.75, 3.05) is 7.05 Å². The van der Waals surface area contributed by atoms with E-state index in [1.807, 2.05) is 0 Å². The first kappa shape index (κ1) is 19.0. The van der Waals surface area contributed by atoms with Gasteiger partial charge in [-0.05, 0) is 30.7 Å². The average Bonchev–Trinajstić information content (AvgIpc) is 2.62. The summed E-state index contributed by atoms with van der Waals surface area (Å²) in [6, 6.07) is 10.2. The zero-order chi connectivity index (χ0) is 19.3. The Morgan fingerprint density at radius 2 is 1.88 bits per heavy atom. The summed E-state index contributed by atoms with van der Waals surface area (Å²) >= 11 is 0. The molecule has 0 radical (unpaired) electrons. The predicted octanol–water partition coefficient (Wildman–Crippen LogP) is 2.51. The molecule has 0 saturated heterocycles. The summed E-state index contributed by atoms with van der Waals surface area (Å²) in [5.41, 5.74) is 0.643. The number of hydrogen-bond donors (Lipinski definition) is 1. The summed E-state index contributed by atoms with van der Waals surface area (Å²) in [6.07, 6.45) is 0. The maximum absolute atomic E-state index is 12.9. The third-order valence-corrected chi connectivity index (χ3v) is 3.75. The van der Waals surface area contributed by atoms with Gasteiger partial charge in [-0.15, -0.1) is 0 Å². The summed E-state index contributed by atoms with van der Waals surface area (Å²) in [4.78, 5) is 36.2. The Bertz CT molecular complexity index is 823. The van der Waals surface area contributed by atoms with E-state index in [0.29, 0.717) is 0 Å². The molecular formula is C18H18FN3O4. The van der Waals surface area contributed by atoms with E-state index < -0.39 is 16.9 Å². The molecule has 0 saturated carbocycles. The van der Waals surface area contributed by atoms with E-state index >= 15 is 0 Å². The molecule has 0 aromatic heterocycles. The highest BCUT2D eigenvalue weighted by Gasteiger charge is 2.21. The number of carbonyl (C=O) groups excluding carboxylic acids is 2. The van der Waals surface area contributed by atoms with Crippen molar-refractivity contribution in [3.8, 4) is 0 Å². The van der Waals surface area contributed by atoms with Crippen LogP contribution in [-0.2, 0) is 11.3 Å². The quantitative estimate of drug-likeness (QED) is 0.633. The number of likely N-dealkylation sites (N-methyl/N-ethyl adjacent to an activating group) is 1. The van der Waals surface area contributed by atoms with Gasteiger partial charge in [0.05, 0.1) is 4.92 Å². The first-order valence-electron chi connectivity index (χ1n) is 7.82. The molecule has 1 unspecified atom stereocenters. The number of rotatable bonds is 6. The summed E-state index contributed by atoms with van der Waals surface area (Å²) in [7, 11) is 1.57. The van der Waals surface area contributed by atoms with E-state index in [1.165, 1.54) is 42.2 Å². The lowest BCUT2D eigenvalue weighted by molar-refractivity contribution is -0.384. The number of non-ortho nitro benzene ring substituents is 1. The predicted molar refractivity (Wildman–Crippen MR) is 92.9 cm³/mol. The van der Waals surface area contributed by atoms with Crippen LogP contribution in [0.25, 0.3) is 0 Å². The molecule has 2 rings (SSSR count). The van der Waals surface area contributed by atoms with Crippen LogP contribution in [0.3, 0.4) is 0 Å². The van der Waals surface area contributed by atoms with Crippen LogP contribution < -0.4 is 5.32 Å². The molecule has 0 bridgehead atoms. The molecule has 0 aliphatic rings. The van der Waals surface area contributed by atoms with E-state index in [9.17, 15) is 24.1 Å². The number of nitro groups is 1. The van der Waals surface area contributed by atoms with Crippen molar-refractivity contribution in [1.82, 2.24) is 10.2 Å². The average molecular weight is 359 g/mol. The Hall–Kier alpha value is -3.29. The Morgan fingerprint density at radius 3 is 2.50 bits per heavy atom. The fraction of sp³-hybridized carbons (Fsp3) is 0.222. The van der Waals surface area contributed by atoms with Gasteiger partial charge in [-0.3, -0.25) is 19.7 Å². The second kappa shape index (κ2) is 8.19. The topological polar surface area (TPSA) is 92.5 Å². The molecule has 8 heteroatoms. The number of carbonyl (C=O) groups is 2. The number of benzene rings is 2. The summed E-state index contributed by atoms with van der Waals surface area (Å²) in [5, 5.41) is 13.3. The van der Waals surface area contributed by atoms with Crippen LogP contribution in [0.15, 0.2) is 48.5 Å². The van der Waals surface area contributed by atoms with Crippen LogP contribution in [0.1, 0.15) is 22.8 Å². The number of halogens is 1. The molecule has 2 aromatic rings. The van der Waals surface area contributed by atoms with Crippen molar-refractivity contribution in [1.29, 1.82) is 0 Å². The van der Waals surface area contributed by atoms with Gasteiger partial charge in [-0.2, -0.15) is 0 Å². The molecule has 7 nitrogen and oxygen atoms in total.